The molecular weight excluding hydrogens is 230 g/mol. The van der Waals surface area contributed by atoms with E-state index in [1.165, 1.54) is 12.1 Å². The molecule has 0 heterocycles. The molecule has 0 aliphatic rings. The van der Waals surface area contributed by atoms with Crippen LogP contribution in [0.4, 0.5) is 8.78 Å². The first-order valence-corrected chi connectivity index (χ1v) is 5.68. The minimum absolute atomic E-state index is 0.554. The highest BCUT2D eigenvalue weighted by Gasteiger charge is 2.04. The van der Waals surface area contributed by atoms with Crippen molar-refractivity contribution in [2.75, 3.05) is 0 Å². The average molecular weight is 240 g/mol. The molecule has 0 aliphatic carbocycles. The zero-order chi connectivity index (χ0) is 12.5. The molecule has 0 saturated carbocycles. The SMILES string of the molecule is Fc1cc(F)cc(-c2ccc3ccccc3c2)c1. The molecule has 3 aromatic rings. The minimum Gasteiger partial charge on any atom is -0.207 e. The van der Waals surface area contributed by atoms with Crippen LogP contribution >= 0.6 is 0 Å². The molecule has 0 spiro atoms. The van der Waals surface area contributed by atoms with E-state index in [4.69, 9.17) is 0 Å². The summed E-state index contributed by atoms with van der Waals surface area (Å²) in [5.74, 6) is -1.11. The molecule has 3 rings (SSSR count). The largest absolute Gasteiger partial charge is 0.207 e. The van der Waals surface area contributed by atoms with Crippen LogP contribution < -0.4 is 0 Å². The first-order valence-electron chi connectivity index (χ1n) is 5.68. The Morgan fingerprint density at radius 3 is 1.94 bits per heavy atom. The van der Waals surface area contributed by atoms with Gasteiger partial charge in [0, 0.05) is 6.07 Å². The van der Waals surface area contributed by atoms with Gasteiger partial charge in [-0.1, -0.05) is 36.4 Å². The highest BCUT2D eigenvalue weighted by molar-refractivity contribution is 5.87. The van der Waals surface area contributed by atoms with Crippen molar-refractivity contribution < 1.29 is 8.78 Å². The van der Waals surface area contributed by atoms with Gasteiger partial charge in [0.25, 0.3) is 0 Å². The molecule has 0 saturated heterocycles. The first-order chi connectivity index (χ1) is 8.72. The van der Waals surface area contributed by atoms with Crippen LogP contribution in [0.2, 0.25) is 0 Å². The van der Waals surface area contributed by atoms with E-state index in [0.29, 0.717) is 5.56 Å². The topological polar surface area (TPSA) is 0 Å². The highest BCUT2D eigenvalue weighted by Crippen LogP contribution is 2.25. The fourth-order valence-electron chi connectivity index (χ4n) is 2.09. The van der Waals surface area contributed by atoms with E-state index in [9.17, 15) is 8.78 Å². The Balaban J connectivity index is 2.19. The van der Waals surface area contributed by atoms with Gasteiger partial charge in [-0.3, -0.25) is 0 Å². The zero-order valence-electron chi connectivity index (χ0n) is 9.53. The first kappa shape index (κ1) is 10.9. The molecule has 88 valence electrons. The maximum atomic E-state index is 13.2. The molecule has 18 heavy (non-hydrogen) atoms. The molecule has 0 nitrogen and oxygen atoms in total. The van der Waals surface area contributed by atoms with E-state index < -0.39 is 11.6 Å². The Morgan fingerprint density at radius 2 is 1.22 bits per heavy atom. The van der Waals surface area contributed by atoms with Crippen molar-refractivity contribution in [3.8, 4) is 11.1 Å². The van der Waals surface area contributed by atoms with Crippen molar-refractivity contribution in [3.05, 3.63) is 72.3 Å². The Hall–Kier alpha value is -2.22. The van der Waals surface area contributed by atoms with Crippen LogP contribution in [0.1, 0.15) is 0 Å². The maximum absolute atomic E-state index is 13.2. The van der Waals surface area contributed by atoms with E-state index in [0.717, 1.165) is 22.4 Å². The van der Waals surface area contributed by atoms with Crippen molar-refractivity contribution in [1.82, 2.24) is 0 Å². The smallest absolute Gasteiger partial charge is 0.126 e. The third kappa shape index (κ3) is 1.97. The number of hydrogen-bond acceptors (Lipinski definition) is 0. The van der Waals surface area contributed by atoms with Crippen LogP contribution in [0.5, 0.6) is 0 Å². The summed E-state index contributed by atoms with van der Waals surface area (Å²) in [5, 5.41) is 2.16. The number of halogens is 2. The average Bonchev–Trinajstić information content (AvgIpc) is 2.37. The standard InChI is InChI=1S/C16H10F2/c17-15-8-14(9-16(18)10-15)13-6-5-11-3-1-2-4-12(11)7-13/h1-10H. The van der Waals surface area contributed by atoms with Crippen molar-refractivity contribution in [1.29, 1.82) is 0 Å². The zero-order valence-corrected chi connectivity index (χ0v) is 9.53. The second kappa shape index (κ2) is 4.22. The van der Waals surface area contributed by atoms with Gasteiger partial charge in [0.05, 0.1) is 0 Å². The Bertz CT molecular complexity index is 697. The third-order valence-corrected chi connectivity index (χ3v) is 2.95. The molecule has 3 aromatic carbocycles. The normalized spacial score (nSPS) is 10.8. The summed E-state index contributed by atoms with van der Waals surface area (Å²) in [5.41, 5.74) is 1.37. The lowest BCUT2D eigenvalue weighted by Gasteiger charge is -2.04. The van der Waals surface area contributed by atoms with E-state index in [1.807, 2.05) is 42.5 Å². The summed E-state index contributed by atoms with van der Waals surface area (Å²) in [6, 6.07) is 17.2. The molecule has 0 fully saturated rings. The number of benzene rings is 3. The van der Waals surface area contributed by atoms with Gasteiger partial charge in [-0.05, 0) is 40.1 Å². The molecule has 0 atom stereocenters. The van der Waals surface area contributed by atoms with Crippen LogP contribution in [0.15, 0.2) is 60.7 Å². The van der Waals surface area contributed by atoms with Crippen LogP contribution in [0.3, 0.4) is 0 Å². The summed E-state index contributed by atoms with van der Waals surface area (Å²) >= 11 is 0. The van der Waals surface area contributed by atoms with Gasteiger partial charge in [-0.2, -0.15) is 0 Å². The molecule has 0 amide bonds. The Morgan fingerprint density at radius 1 is 0.556 bits per heavy atom. The van der Waals surface area contributed by atoms with Crippen molar-refractivity contribution in [2.45, 2.75) is 0 Å². The van der Waals surface area contributed by atoms with Crippen molar-refractivity contribution in [3.63, 3.8) is 0 Å². The number of hydrogen-bond donors (Lipinski definition) is 0. The number of fused-ring (bicyclic) bond motifs is 1. The lowest BCUT2D eigenvalue weighted by molar-refractivity contribution is 0.584. The predicted molar refractivity (Wildman–Crippen MR) is 69.3 cm³/mol. The molecule has 2 heteroatoms. The van der Waals surface area contributed by atoms with Gasteiger partial charge in [0.2, 0.25) is 0 Å². The molecule has 0 unspecified atom stereocenters. The maximum Gasteiger partial charge on any atom is 0.126 e. The summed E-state index contributed by atoms with van der Waals surface area (Å²) in [6.45, 7) is 0. The van der Waals surface area contributed by atoms with Crippen molar-refractivity contribution >= 4 is 10.8 Å². The lowest BCUT2D eigenvalue weighted by atomic mass is 10.0. The lowest BCUT2D eigenvalue weighted by Crippen LogP contribution is -1.84. The fourth-order valence-corrected chi connectivity index (χ4v) is 2.09. The monoisotopic (exact) mass is 240 g/mol. The second-order valence-electron chi connectivity index (χ2n) is 4.22. The van der Waals surface area contributed by atoms with E-state index in [2.05, 4.69) is 0 Å². The summed E-state index contributed by atoms with van der Waals surface area (Å²) in [4.78, 5) is 0. The van der Waals surface area contributed by atoms with Gasteiger partial charge in [-0.25, -0.2) is 8.78 Å². The summed E-state index contributed by atoms with van der Waals surface area (Å²) in [7, 11) is 0. The fraction of sp³-hybridized carbons (Fsp3) is 0. The summed E-state index contributed by atoms with van der Waals surface area (Å²) < 4.78 is 26.4. The van der Waals surface area contributed by atoms with Gasteiger partial charge in [0.1, 0.15) is 11.6 Å². The molecule has 0 aliphatic heterocycles. The second-order valence-corrected chi connectivity index (χ2v) is 4.22. The molecule has 0 aromatic heterocycles. The molecule has 0 bridgehead atoms. The van der Waals surface area contributed by atoms with E-state index in [-0.39, 0.29) is 0 Å². The van der Waals surface area contributed by atoms with Gasteiger partial charge in [-0.15, -0.1) is 0 Å². The van der Waals surface area contributed by atoms with Crippen LogP contribution in [-0.4, -0.2) is 0 Å². The molecular formula is C16H10F2. The highest BCUT2D eigenvalue weighted by atomic mass is 19.1. The van der Waals surface area contributed by atoms with E-state index in [1.54, 1.807) is 0 Å². The summed E-state index contributed by atoms with van der Waals surface area (Å²) in [6.07, 6.45) is 0. The van der Waals surface area contributed by atoms with Crippen LogP contribution in [0.25, 0.3) is 21.9 Å². The van der Waals surface area contributed by atoms with Crippen molar-refractivity contribution in [2.24, 2.45) is 0 Å². The third-order valence-electron chi connectivity index (χ3n) is 2.95. The Kier molecular flexibility index (Phi) is 2.56. The minimum atomic E-state index is -0.557. The quantitative estimate of drug-likeness (QED) is 0.574. The van der Waals surface area contributed by atoms with Gasteiger partial charge >= 0.3 is 0 Å². The molecule has 0 N–H and O–H groups in total. The van der Waals surface area contributed by atoms with Crippen LogP contribution in [-0.2, 0) is 0 Å². The number of rotatable bonds is 1. The predicted octanol–water partition coefficient (Wildman–Crippen LogP) is 4.79. The Labute approximate surface area is 104 Å². The molecule has 0 radical (unpaired) electrons. The van der Waals surface area contributed by atoms with Crippen LogP contribution in [0, 0.1) is 11.6 Å². The van der Waals surface area contributed by atoms with Gasteiger partial charge in [0.15, 0.2) is 0 Å². The van der Waals surface area contributed by atoms with Gasteiger partial charge < -0.3 is 0 Å². The van der Waals surface area contributed by atoms with E-state index >= 15 is 0 Å².